The van der Waals surface area contributed by atoms with Crippen LogP contribution in [0.2, 0.25) is 0 Å². The van der Waals surface area contributed by atoms with Gasteiger partial charge < -0.3 is 14.4 Å². The van der Waals surface area contributed by atoms with Crippen molar-refractivity contribution in [3.8, 4) is 10.8 Å². The van der Waals surface area contributed by atoms with Gasteiger partial charge in [-0.15, -0.1) is 11.3 Å². The maximum atomic E-state index is 12.0. The lowest BCUT2D eigenvalue weighted by Gasteiger charge is -2.25. The highest BCUT2D eigenvalue weighted by atomic mass is 32.1. The van der Waals surface area contributed by atoms with Crippen molar-refractivity contribution in [1.82, 2.24) is 9.88 Å². The maximum Gasteiger partial charge on any atom is 0.228 e. The lowest BCUT2D eigenvalue weighted by molar-refractivity contribution is -0.131. The number of amides is 1. The van der Waals surface area contributed by atoms with Gasteiger partial charge in [0.2, 0.25) is 5.91 Å². The highest BCUT2D eigenvalue weighted by Gasteiger charge is 2.20. The van der Waals surface area contributed by atoms with Gasteiger partial charge >= 0.3 is 0 Å². The second-order valence-corrected chi connectivity index (χ2v) is 6.22. The van der Waals surface area contributed by atoms with E-state index in [-0.39, 0.29) is 12.3 Å². The van der Waals surface area contributed by atoms with E-state index in [0.29, 0.717) is 18.0 Å². The van der Waals surface area contributed by atoms with Gasteiger partial charge in [0.25, 0.3) is 0 Å². The zero-order chi connectivity index (χ0) is 14.8. The average Bonchev–Trinajstić information content (AvgIpc) is 2.95. The molecule has 2 aromatic rings. The van der Waals surface area contributed by atoms with Crippen LogP contribution in [0, 0.1) is 0 Å². The third-order valence-corrected chi connectivity index (χ3v) is 3.57. The Bertz CT molecular complexity index is 570. The molecule has 0 saturated heterocycles. The fraction of sp³-hybridized carbons (Fsp3) is 0.429. The molecule has 0 atom stereocenters. The van der Waals surface area contributed by atoms with Gasteiger partial charge in [0.15, 0.2) is 10.8 Å². The van der Waals surface area contributed by atoms with Crippen LogP contribution in [-0.4, -0.2) is 40.1 Å². The predicted molar refractivity (Wildman–Crippen MR) is 77.5 cm³/mol. The van der Waals surface area contributed by atoms with E-state index in [1.807, 2.05) is 11.4 Å². The molecule has 0 spiro atoms. The van der Waals surface area contributed by atoms with Crippen LogP contribution >= 0.6 is 11.3 Å². The quantitative estimate of drug-likeness (QED) is 0.918. The molecule has 2 aromatic heterocycles. The SMILES string of the molecule is CN(CC(C)(C)O)C(=O)Cc1csc(-c2ccco2)n1. The van der Waals surface area contributed by atoms with E-state index in [2.05, 4.69) is 4.98 Å². The van der Waals surface area contributed by atoms with Crippen molar-refractivity contribution in [2.75, 3.05) is 13.6 Å². The average molecular weight is 294 g/mol. The third kappa shape index (κ3) is 3.91. The van der Waals surface area contributed by atoms with Gasteiger partial charge in [0.1, 0.15) is 0 Å². The number of hydrogen-bond donors (Lipinski definition) is 1. The minimum Gasteiger partial charge on any atom is -0.462 e. The number of aliphatic hydroxyl groups is 1. The van der Waals surface area contributed by atoms with E-state index >= 15 is 0 Å². The van der Waals surface area contributed by atoms with Gasteiger partial charge in [-0.05, 0) is 26.0 Å². The minimum absolute atomic E-state index is 0.0663. The molecule has 0 radical (unpaired) electrons. The van der Waals surface area contributed by atoms with Crippen molar-refractivity contribution in [2.24, 2.45) is 0 Å². The third-order valence-electron chi connectivity index (χ3n) is 2.67. The molecule has 5 nitrogen and oxygen atoms in total. The van der Waals surface area contributed by atoms with Crippen LogP contribution in [0.4, 0.5) is 0 Å². The summed E-state index contributed by atoms with van der Waals surface area (Å²) in [7, 11) is 1.68. The van der Waals surface area contributed by atoms with E-state index in [9.17, 15) is 9.90 Å². The number of likely N-dealkylation sites (N-methyl/N-ethyl adjacent to an activating group) is 1. The zero-order valence-corrected chi connectivity index (χ0v) is 12.6. The Hall–Kier alpha value is -1.66. The highest BCUT2D eigenvalue weighted by Crippen LogP contribution is 2.24. The lowest BCUT2D eigenvalue weighted by atomic mass is 10.1. The summed E-state index contributed by atoms with van der Waals surface area (Å²) in [4.78, 5) is 17.9. The summed E-state index contributed by atoms with van der Waals surface area (Å²) in [6.07, 6.45) is 1.82. The predicted octanol–water partition coefficient (Wildman–Crippen LogP) is 2.17. The summed E-state index contributed by atoms with van der Waals surface area (Å²) in [5.74, 6) is 0.641. The first-order valence-corrected chi connectivity index (χ1v) is 7.18. The largest absolute Gasteiger partial charge is 0.462 e. The lowest BCUT2D eigenvalue weighted by Crippen LogP contribution is -2.40. The summed E-state index contributed by atoms with van der Waals surface area (Å²) in [5, 5.41) is 12.3. The van der Waals surface area contributed by atoms with E-state index in [4.69, 9.17) is 4.42 Å². The van der Waals surface area contributed by atoms with Crippen molar-refractivity contribution in [3.63, 3.8) is 0 Å². The van der Waals surface area contributed by atoms with Gasteiger partial charge in [-0.25, -0.2) is 4.98 Å². The second-order valence-electron chi connectivity index (χ2n) is 5.36. The number of furan rings is 1. The number of nitrogens with zero attached hydrogens (tertiary/aromatic N) is 2. The molecule has 108 valence electrons. The van der Waals surface area contributed by atoms with E-state index < -0.39 is 5.60 Å². The Labute approximate surface area is 121 Å². The monoisotopic (exact) mass is 294 g/mol. The van der Waals surface area contributed by atoms with E-state index in [1.54, 1.807) is 33.2 Å². The molecule has 0 saturated carbocycles. The molecule has 0 aliphatic carbocycles. The molecule has 0 aliphatic heterocycles. The summed E-state index contributed by atoms with van der Waals surface area (Å²) < 4.78 is 5.27. The smallest absolute Gasteiger partial charge is 0.228 e. The number of aromatic nitrogens is 1. The summed E-state index contributed by atoms with van der Waals surface area (Å²) in [6, 6.07) is 3.64. The number of rotatable bonds is 5. The normalized spacial score (nSPS) is 11.6. The van der Waals surface area contributed by atoms with Crippen molar-refractivity contribution in [3.05, 3.63) is 29.5 Å². The molecular weight excluding hydrogens is 276 g/mol. The van der Waals surface area contributed by atoms with Crippen LogP contribution in [0.3, 0.4) is 0 Å². The molecule has 0 aliphatic rings. The van der Waals surface area contributed by atoms with Crippen LogP contribution in [-0.2, 0) is 11.2 Å². The van der Waals surface area contributed by atoms with Crippen LogP contribution in [0.1, 0.15) is 19.5 Å². The first-order valence-electron chi connectivity index (χ1n) is 6.30. The fourth-order valence-corrected chi connectivity index (χ4v) is 2.65. The molecular formula is C14H18N2O3S. The number of hydrogen-bond acceptors (Lipinski definition) is 5. The van der Waals surface area contributed by atoms with E-state index in [1.165, 1.54) is 16.2 Å². The Morgan fingerprint density at radius 3 is 2.90 bits per heavy atom. The van der Waals surface area contributed by atoms with Crippen LogP contribution < -0.4 is 0 Å². The summed E-state index contributed by atoms with van der Waals surface area (Å²) >= 11 is 1.45. The molecule has 0 unspecified atom stereocenters. The number of thiazole rings is 1. The fourth-order valence-electron chi connectivity index (χ4n) is 1.86. The van der Waals surface area contributed by atoms with Crippen molar-refractivity contribution >= 4 is 17.2 Å². The van der Waals surface area contributed by atoms with Crippen LogP contribution in [0.25, 0.3) is 10.8 Å². The second kappa shape index (κ2) is 5.76. The van der Waals surface area contributed by atoms with Crippen LogP contribution in [0.5, 0.6) is 0 Å². The Morgan fingerprint density at radius 2 is 2.30 bits per heavy atom. The number of carbonyl (C=O) groups is 1. The van der Waals surface area contributed by atoms with Gasteiger partial charge in [-0.3, -0.25) is 4.79 Å². The van der Waals surface area contributed by atoms with Gasteiger partial charge in [0, 0.05) is 19.0 Å². The molecule has 1 N–H and O–H groups in total. The Balaban J connectivity index is 1.98. The molecule has 20 heavy (non-hydrogen) atoms. The molecule has 0 fully saturated rings. The summed E-state index contributed by atoms with van der Waals surface area (Å²) in [6.45, 7) is 3.64. The van der Waals surface area contributed by atoms with Gasteiger partial charge in [-0.1, -0.05) is 0 Å². The Kier molecular flexibility index (Phi) is 4.25. The van der Waals surface area contributed by atoms with Gasteiger partial charge in [-0.2, -0.15) is 0 Å². The molecule has 6 heteroatoms. The van der Waals surface area contributed by atoms with E-state index in [0.717, 1.165) is 5.01 Å². The molecule has 1 amide bonds. The van der Waals surface area contributed by atoms with Crippen molar-refractivity contribution < 1.29 is 14.3 Å². The van der Waals surface area contributed by atoms with Gasteiger partial charge in [0.05, 0.1) is 24.0 Å². The molecule has 0 aromatic carbocycles. The molecule has 2 heterocycles. The Morgan fingerprint density at radius 1 is 1.55 bits per heavy atom. The van der Waals surface area contributed by atoms with Crippen molar-refractivity contribution in [1.29, 1.82) is 0 Å². The highest BCUT2D eigenvalue weighted by molar-refractivity contribution is 7.13. The summed E-state index contributed by atoms with van der Waals surface area (Å²) in [5.41, 5.74) is -0.180. The first-order chi connectivity index (χ1) is 9.35. The zero-order valence-electron chi connectivity index (χ0n) is 11.8. The topological polar surface area (TPSA) is 66.6 Å². The minimum atomic E-state index is -0.897. The van der Waals surface area contributed by atoms with Crippen molar-refractivity contribution in [2.45, 2.75) is 25.9 Å². The maximum absolute atomic E-state index is 12.0. The first kappa shape index (κ1) is 14.7. The number of carbonyl (C=O) groups excluding carboxylic acids is 1. The molecule has 0 bridgehead atoms. The standard InChI is InChI=1S/C14H18N2O3S/c1-14(2,18)9-16(3)12(17)7-10-8-20-13(15-10)11-5-4-6-19-11/h4-6,8,18H,7,9H2,1-3H3. The van der Waals surface area contributed by atoms with Crippen LogP contribution in [0.15, 0.2) is 28.2 Å². The molecule has 2 rings (SSSR count).